The molecule has 0 spiro atoms. The number of carbonyl (C=O) groups is 3. The van der Waals surface area contributed by atoms with Gasteiger partial charge in [0.05, 0.1) is 0 Å². The van der Waals surface area contributed by atoms with E-state index in [2.05, 4.69) is 0 Å². The molecule has 0 radical (unpaired) electrons. The van der Waals surface area contributed by atoms with Crippen LogP contribution in [0.4, 0.5) is 18.0 Å². The third kappa shape index (κ3) is 3.34. The molecule has 0 unspecified atom stereocenters. The first-order valence-electron chi connectivity index (χ1n) is 8.26. The smallest absolute Gasteiger partial charge is 0.318 e. The number of alkyl halides is 3. The van der Waals surface area contributed by atoms with Crippen LogP contribution >= 0.6 is 0 Å². The number of imide groups is 1. The van der Waals surface area contributed by atoms with Crippen LogP contribution in [0.5, 0.6) is 0 Å². The molecule has 1 aliphatic heterocycles. The Morgan fingerprint density at radius 1 is 1.29 bits per heavy atom. The van der Waals surface area contributed by atoms with Gasteiger partial charge in [-0.2, -0.15) is 13.2 Å². The van der Waals surface area contributed by atoms with Crippen molar-refractivity contribution in [3.8, 4) is 0 Å². The van der Waals surface area contributed by atoms with Crippen LogP contribution in [-0.2, 0) is 9.59 Å². The maximum atomic E-state index is 13.6. The van der Waals surface area contributed by atoms with Crippen LogP contribution < -0.4 is 10.6 Å². The van der Waals surface area contributed by atoms with Crippen molar-refractivity contribution in [2.24, 2.45) is 5.92 Å². The number of carbonyl (C=O) groups excluding carboxylic acids is 3. The summed E-state index contributed by atoms with van der Waals surface area (Å²) in [5.74, 6) is -2.86. The van der Waals surface area contributed by atoms with Gasteiger partial charge in [0.2, 0.25) is 5.91 Å². The predicted molar refractivity (Wildman–Crippen MR) is 78.7 cm³/mol. The lowest BCUT2D eigenvalue weighted by atomic mass is 9.88. The van der Waals surface area contributed by atoms with Crippen molar-refractivity contribution in [1.82, 2.24) is 15.5 Å². The molecule has 6 nitrogen and oxygen atoms in total. The van der Waals surface area contributed by atoms with Gasteiger partial charge in [-0.15, -0.1) is 0 Å². The van der Waals surface area contributed by atoms with Crippen molar-refractivity contribution < 1.29 is 27.6 Å². The number of nitrogens with zero attached hydrogens (tertiary/aromatic N) is 1. The molecule has 1 heterocycles. The van der Waals surface area contributed by atoms with Crippen LogP contribution in [0.2, 0.25) is 0 Å². The number of rotatable bonds is 5. The van der Waals surface area contributed by atoms with Gasteiger partial charge in [0.1, 0.15) is 0 Å². The lowest BCUT2D eigenvalue weighted by Crippen LogP contribution is -2.70. The van der Waals surface area contributed by atoms with Gasteiger partial charge in [-0.25, -0.2) is 4.79 Å². The lowest BCUT2D eigenvalue weighted by molar-refractivity contribution is -0.204. The SMILES string of the molecule is CCCCN1C(=O)N[C@@](NC(=O)C2CCCCC2)(C(F)(F)F)C1=O. The van der Waals surface area contributed by atoms with E-state index in [1.165, 1.54) is 0 Å². The Balaban J connectivity index is 2.23. The molecule has 9 heteroatoms. The molecule has 2 N–H and O–H groups in total. The quantitative estimate of drug-likeness (QED) is 0.748. The van der Waals surface area contributed by atoms with Gasteiger partial charge < -0.3 is 5.32 Å². The maximum absolute atomic E-state index is 13.6. The molecule has 0 aromatic rings. The fraction of sp³-hybridized carbons (Fsp3) is 0.800. The molecule has 2 aliphatic rings. The van der Waals surface area contributed by atoms with Gasteiger partial charge in [-0.05, 0) is 19.3 Å². The van der Waals surface area contributed by atoms with E-state index in [1.54, 1.807) is 17.6 Å². The Labute approximate surface area is 138 Å². The second kappa shape index (κ2) is 6.98. The minimum absolute atomic E-state index is 0.113. The average molecular weight is 349 g/mol. The highest BCUT2D eigenvalue weighted by Gasteiger charge is 2.68. The van der Waals surface area contributed by atoms with Crippen LogP contribution in [0.3, 0.4) is 0 Å². The van der Waals surface area contributed by atoms with Crippen LogP contribution in [0.1, 0.15) is 51.9 Å². The van der Waals surface area contributed by atoms with Crippen molar-refractivity contribution in [3.05, 3.63) is 0 Å². The molecule has 0 bridgehead atoms. The van der Waals surface area contributed by atoms with E-state index in [1.807, 2.05) is 0 Å². The zero-order valence-corrected chi connectivity index (χ0v) is 13.5. The highest BCUT2D eigenvalue weighted by molar-refractivity contribution is 6.09. The van der Waals surface area contributed by atoms with Crippen molar-refractivity contribution in [3.63, 3.8) is 0 Å². The summed E-state index contributed by atoms with van der Waals surface area (Å²) in [6, 6.07) is -1.13. The van der Waals surface area contributed by atoms with Crippen molar-refractivity contribution in [1.29, 1.82) is 0 Å². The van der Waals surface area contributed by atoms with Gasteiger partial charge in [0.15, 0.2) is 0 Å². The first kappa shape index (κ1) is 18.5. The summed E-state index contributed by atoms with van der Waals surface area (Å²) in [7, 11) is 0. The van der Waals surface area contributed by atoms with Gasteiger partial charge in [-0.1, -0.05) is 32.6 Å². The Hall–Kier alpha value is -1.80. The second-order valence-corrected chi connectivity index (χ2v) is 6.31. The molecule has 0 aromatic carbocycles. The highest BCUT2D eigenvalue weighted by atomic mass is 19.4. The fourth-order valence-corrected chi connectivity index (χ4v) is 3.09. The number of amides is 4. The Bertz CT molecular complexity index is 518. The summed E-state index contributed by atoms with van der Waals surface area (Å²) in [6.45, 7) is 1.68. The monoisotopic (exact) mass is 349 g/mol. The Kier molecular flexibility index (Phi) is 5.39. The predicted octanol–water partition coefficient (Wildman–Crippen LogP) is 2.29. The third-order valence-corrected chi connectivity index (χ3v) is 4.55. The molecule has 136 valence electrons. The second-order valence-electron chi connectivity index (χ2n) is 6.31. The summed E-state index contributed by atoms with van der Waals surface area (Å²) in [5, 5.41) is 3.47. The van der Waals surface area contributed by atoms with Crippen molar-refractivity contribution in [2.75, 3.05) is 6.54 Å². The molecule has 2 rings (SSSR count). The van der Waals surface area contributed by atoms with E-state index in [0.717, 1.165) is 19.3 Å². The first-order chi connectivity index (χ1) is 11.2. The van der Waals surface area contributed by atoms with Gasteiger partial charge in [0, 0.05) is 12.5 Å². The number of hydrogen-bond donors (Lipinski definition) is 2. The summed E-state index contributed by atoms with van der Waals surface area (Å²) in [5.41, 5.74) is -3.35. The molecule has 0 aromatic heterocycles. The van der Waals surface area contributed by atoms with Crippen LogP contribution in [0.25, 0.3) is 0 Å². The minimum Gasteiger partial charge on any atom is -0.318 e. The van der Waals surface area contributed by atoms with Crippen LogP contribution in [0.15, 0.2) is 0 Å². The fourth-order valence-electron chi connectivity index (χ4n) is 3.09. The summed E-state index contributed by atoms with van der Waals surface area (Å²) in [6.07, 6.45) is -0.670. The topological polar surface area (TPSA) is 78.5 Å². The summed E-state index contributed by atoms with van der Waals surface area (Å²) in [4.78, 5) is 36.9. The van der Waals surface area contributed by atoms with E-state index in [4.69, 9.17) is 0 Å². The third-order valence-electron chi connectivity index (χ3n) is 4.55. The largest absolute Gasteiger partial charge is 0.440 e. The first-order valence-corrected chi connectivity index (χ1v) is 8.26. The molecule has 4 amide bonds. The summed E-state index contributed by atoms with van der Waals surface area (Å²) < 4.78 is 40.8. The standard InChI is InChI=1S/C15H22F3N3O3/c1-2-3-9-21-12(23)14(15(16,17)18,20-13(21)24)19-11(22)10-7-5-4-6-8-10/h10H,2-9H2,1H3,(H,19,22)(H,20,24)/t14-/m1/s1. The van der Waals surface area contributed by atoms with Crippen molar-refractivity contribution in [2.45, 2.75) is 63.7 Å². The van der Waals surface area contributed by atoms with E-state index in [0.29, 0.717) is 30.6 Å². The van der Waals surface area contributed by atoms with E-state index >= 15 is 0 Å². The molecule has 1 saturated heterocycles. The normalized spacial score (nSPS) is 25.8. The molecule has 1 atom stereocenters. The lowest BCUT2D eigenvalue weighted by Gasteiger charge is -2.32. The molecule has 1 aliphatic carbocycles. The van der Waals surface area contributed by atoms with Crippen molar-refractivity contribution >= 4 is 17.8 Å². The molecule has 24 heavy (non-hydrogen) atoms. The number of hydrogen-bond acceptors (Lipinski definition) is 3. The van der Waals surface area contributed by atoms with Gasteiger partial charge in [0.25, 0.3) is 11.6 Å². The Morgan fingerprint density at radius 2 is 1.92 bits per heavy atom. The number of nitrogens with one attached hydrogen (secondary N) is 2. The molecule has 2 fully saturated rings. The molecular weight excluding hydrogens is 327 g/mol. The zero-order valence-electron chi connectivity index (χ0n) is 13.5. The number of unbranched alkanes of at least 4 members (excludes halogenated alkanes) is 1. The molecular formula is C15H22F3N3O3. The van der Waals surface area contributed by atoms with E-state index in [9.17, 15) is 27.6 Å². The van der Waals surface area contributed by atoms with Crippen LogP contribution in [-0.4, -0.2) is 41.1 Å². The maximum Gasteiger partial charge on any atom is 0.440 e. The van der Waals surface area contributed by atoms with Gasteiger partial charge in [-0.3, -0.25) is 19.8 Å². The van der Waals surface area contributed by atoms with Crippen LogP contribution in [0, 0.1) is 5.92 Å². The average Bonchev–Trinajstić information content (AvgIpc) is 2.77. The summed E-state index contributed by atoms with van der Waals surface area (Å²) >= 11 is 0. The number of halogens is 3. The van der Waals surface area contributed by atoms with Gasteiger partial charge >= 0.3 is 12.2 Å². The number of urea groups is 1. The van der Waals surface area contributed by atoms with E-state index < -0.39 is 35.6 Å². The highest BCUT2D eigenvalue weighted by Crippen LogP contribution is 2.35. The minimum atomic E-state index is -5.12. The molecule has 1 saturated carbocycles. The van der Waals surface area contributed by atoms with E-state index in [-0.39, 0.29) is 6.54 Å². The zero-order chi connectivity index (χ0) is 18.0. The Morgan fingerprint density at radius 3 is 2.46 bits per heavy atom.